The highest BCUT2D eigenvalue weighted by Crippen LogP contribution is 2.47. The number of aromatic hydroxyl groups is 1. The van der Waals surface area contributed by atoms with Gasteiger partial charge in [-0.25, -0.2) is 4.39 Å². The average molecular weight is 465 g/mol. The van der Waals surface area contributed by atoms with Crippen molar-refractivity contribution >= 4 is 0 Å². The van der Waals surface area contributed by atoms with E-state index in [-0.39, 0.29) is 23.9 Å². The van der Waals surface area contributed by atoms with E-state index >= 15 is 0 Å². The molecule has 180 valence electrons. The highest BCUT2D eigenvalue weighted by molar-refractivity contribution is 5.48. The Morgan fingerprint density at radius 3 is 2.50 bits per heavy atom. The van der Waals surface area contributed by atoms with Crippen LogP contribution in [0.5, 0.6) is 11.5 Å². The second-order valence-corrected chi connectivity index (χ2v) is 8.88. The molecular formula is C29H33FO4. The van der Waals surface area contributed by atoms with Crippen LogP contribution in [0.2, 0.25) is 0 Å². The Morgan fingerprint density at radius 2 is 1.74 bits per heavy atom. The Labute approximate surface area is 201 Å². The summed E-state index contributed by atoms with van der Waals surface area (Å²) in [7, 11) is 3.31. The van der Waals surface area contributed by atoms with E-state index < -0.39 is 0 Å². The van der Waals surface area contributed by atoms with Gasteiger partial charge in [0.05, 0.1) is 6.61 Å². The standard InChI is InChI=1S/C29H33FO4/c1-32-28(33-2)8-3-4-17-34-25-7-5-6-22(19-25)29-26(20-9-12-23(30)13-10-20)15-11-21-18-24(31)14-16-27(21)29/h5-7,9-10,12-14,16,18-19,26,28-29,31H,3-4,8,11,15,17H2,1-2H3/t26-,29+/m1/s1. The van der Waals surface area contributed by atoms with Crippen molar-refractivity contribution in [2.45, 2.75) is 50.2 Å². The lowest BCUT2D eigenvalue weighted by molar-refractivity contribution is -0.107. The minimum absolute atomic E-state index is 0.0996. The highest BCUT2D eigenvalue weighted by atomic mass is 19.1. The summed E-state index contributed by atoms with van der Waals surface area (Å²) in [6.07, 6.45) is 4.34. The van der Waals surface area contributed by atoms with Gasteiger partial charge in [0.1, 0.15) is 17.3 Å². The zero-order chi connectivity index (χ0) is 23.9. The van der Waals surface area contributed by atoms with Crippen LogP contribution in [0, 0.1) is 5.82 Å². The van der Waals surface area contributed by atoms with Crippen molar-refractivity contribution in [2.24, 2.45) is 0 Å². The second-order valence-electron chi connectivity index (χ2n) is 8.88. The van der Waals surface area contributed by atoms with Crippen LogP contribution in [0.1, 0.15) is 59.8 Å². The SMILES string of the molecule is COC(CCCCOc1cccc([C@@H]2c3ccc(O)cc3CC[C@@H]2c2ccc(F)cc2)c1)OC. The van der Waals surface area contributed by atoms with E-state index in [9.17, 15) is 9.50 Å². The van der Waals surface area contributed by atoms with Crippen LogP contribution in [-0.2, 0) is 15.9 Å². The monoisotopic (exact) mass is 464 g/mol. The first-order chi connectivity index (χ1) is 16.6. The lowest BCUT2D eigenvalue weighted by atomic mass is 9.69. The van der Waals surface area contributed by atoms with Gasteiger partial charge in [-0.05, 0) is 96.7 Å². The third kappa shape index (κ3) is 5.78. The molecule has 34 heavy (non-hydrogen) atoms. The van der Waals surface area contributed by atoms with E-state index in [0.717, 1.165) is 49.0 Å². The number of halogens is 1. The fraction of sp³-hybridized carbons (Fsp3) is 0.379. The lowest BCUT2D eigenvalue weighted by Crippen LogP contribution is -2.20. The van der Waals surface area contributed by atoms with Crippen LogP contribution in [0.4, 0.5) is 4.39 Å². The van der Waals surface area contributed by atoms with Crippen LogP contribution in [-0.4, -0.2) is 32.2 Å². The Bertz CT molecular complexity index is 1060. The van der Waals surface area contributed by atoms with E-state index in [4.69, 9.17) is 14.2 Å². The van der Waals surface area contributed by atoms with Crippen LogP contribution >= 0.6 is 0 Å². The number of unbranched alkanes of at least 4 members (excludes halogenated alkanes) is 1. The summed E-state index contributed by atoms with van der Waals surface area (Å²) < 4.78 is 30.2. The molecule has 1 aliphatic rings. The third-order valence-corrected chi connectivity index (χ3v) is 6.73. The van der Waals surface area contributed by atoms with Crippen molar-refractivity contribution in [1.82, 2.24) is 0 Å². The molecule has 0 aliphatic heterocycles. The summed E-state index contributed by atoms with van der Waals surface area (Å²) in [5, 5.41) is 10.0. The van der Waals surface area contributed by atoms with Crippen LogP contribution in [0.25, 0.3) is 0 Å². The Morgan fingerprint density at radius 1 is 0.941 bits per heavy atom. The predicted octanol–water partition coefficient (Wildman–Crippen LogP) is 6.56. The molecule has 1 N–H and O–H groups in total. The van der Waals surface area contributed by atoms with E-state index in [2.05, 4.69) is 12.1 Å². The molecule has 3 aromatic rings. The Kier molecular flexibility index (Phi) is 8.20. The summed E-state index contributed by atoms with van der Waals surface area (Å²) in [4.78, 5) is 0. The molecular weight excluding hydrogens is 431 g/mol. The number of aryl methyl sites for hydroxylation is 1. The molecule has 0 saturated heterocycles. The molecule has 0 heterocycles. The molecule has 0 radical (unpaired) electrons. The van der Waals surface area contributed by atoms with E-state index in [0.29, 0.717) is 12.4 Å². The molecule has 0 amide bonds. The first-order valence-electron chi connectivity index (χ1n) is 11.9. The zero-order valence-electron chi connectivity index (χ0n) is 19.9. The molecule has 0 aromatic heterocycles. The summed E-state index contributed by atoms with van der Waals surface area (Å²) in [6, 6.07) is 20.8. The fourth-order valence-electron chi connectivity index (χ4n) is 5.02. The molecule has 4 rings (SSSR count). The van der Waals surface area contributed by atoms with Crippen molar-refractivity contribution in [3.05, 3.63) is 94.8 Å². The fourth-order valence-corrected chi connectivity index (χ4v) is 5.02. The maximum absolute atomic E-state index is 13.6. The summed E-state index contributed by atoms with van der Waals surface area (Å²) in [5.41, 5.74) is 4.67. The van der Waals surface area contributed by atoms with E-state index in [1.807, 2.05) is 36.4 Å². The molecule has 5 heteroatoms. The van der Waals surface area contributed by atoms with Crippen molar-refractivity contribution in [3.8, 4) is 11.5 Å². The van der Waals surface area contributed by atoms with Gasteiger partial charge < -0.3 is 19.3 Å². The van der Waals surface area contributed by atoms with Gasteiger partial charge in [-0.2, -0.15) is 0 Å². The smallest absolute Gasteiger partial charge is 0.156 e. The molecule has 0 bridgehead atoms. The molecule has 0 unspecified atom stereocenters. The Balaban J connectivity index is 1.54. The second kappa shape index (κ2) is 11.5. The van der Waals surface area contributed by atoms with Crippen molar-refractivity contribution in [1.29, 1.82) is 0 Å². The van der Waals surface area contributed by atoms with Crippen molar-refractivity contribution in [2.75, 3.05) is 20.8 Å². The van der Waals surface area contributed by atoms with Crippen LogP contribution in [0.3, 0.4) is 0 Å². The molecule has 0 spiro atoms. The van der Waals surface area contributed by atoms with Crippen LogP contribution in [0.15, 0.2) is 66.7 Å². The van der Waals surface area contributed by atoms with Gasteiger partial charge in [0.15, 0.2) is 6.29 Å². The minimum Gasteiger partial charge on any atom is -0.508 e. The van der Waals surface area contributed by atoms with Gasteiger partial charge in [-0.3, -0.25) is 0 Å². The van der Waals surface area contributed by atoms with Crippen molar-refractivity contribution in [3.63, 3.8) is 0 Å². The summed E-state index contributed by atoms with van der Waals surface area (Å²) in [5.74, 6) is 1.23. The van der Waals surface area contributed by atoms with Gasteiger partial charge in [-0.15, -0.1) is 0 Å². The van der Waals surface area contributed by atoms with Gasteiger partial charge in [0.25, 0.3) is 0 Å². The molecule has 3 aromatic carbocycles. The molecule has 0 saturated carbocycles. The number of phenolic OH excluding ortho intramolecular Hbond substituents is 1. The highest BCUT2D eigenvalue weighted by Gasteiger charge is 2.32. The minimum atomic E-state index is -0.223. The molecule has 2 atom stereocenters. The molecule has 0 fully saturated rings. The topological polar surface area (TPSA) is 47.9 Å². The largest absolute Gasteiger partial charge is 0.508 e. The Hall–Kier alpha value is -2.89. The van der Waals surface area contributed by atoms with E-state index in [1.54, 1.807) is 20.3 Å². The average Bonchev–Trinajstić information content (AvgIpc) is 2.86. The number of rotatable bonds is 10. The first kappa shape index (κ1) is 24.2. The number of hydrogen-bond acceptors (Lipinski definition) is 4. The number of phenols is 1. The number of benzene rings is 3. The maximum Gasteiger partial charge on any atom is 0.156 e. The van der Waals surface area contributed by atoms with E-state index in [1.165, 1.54) is 23.3 Å². The number of methoxy groups -OCH3 is 2. The lowest BCUT2D eigenvalue weighted by Gasteiger charge is -2.35. The number of ether oxygens (including phenoxy) is 3. The summed E-state index contributed by atoms with van der Waals surface area (Å²) >= 11 is 0. The quantitative estimate of drug-likeness (QED) is 0.273. The zero-order valence-corrected chi connectivity index (χ0v) is 19.9. The third-order valence-electron chi connectivity index (χ3n) is 6.73. The van der Waals surface area contributed by atoms with Crippen molar-refractivity contribution < 1.29 is 23.7 Å². The predicted molar refractivity (Wildman–Crippen MR) is 131 cm³/mol. The number of hydrogen-bond donors (Lipinski definition) is 1. The maximum atomic E-state index is 13.6. The van der Waals surface area contributed by atoms with Gasteiger partial charge in [-0.1, -0.05) is 30.3 Å². The van der Waals surface area contributed by atoms with Crippen LogP contribution < -0.4 is 4.74 Å². The normalized spacial score (nSPS) is 17.5. The van der Waals surface area contributed by atoms with Gasteiger partial charge in [0.2, 0.25) is 0 Å². The first-order valence-corrected chi connectivity index (χ1v) is 11.9. The molecule has 1 aliphatic carbocycles. The van der Waals surface area contributed by atoms with Gasteiger partial charge in [0, 0.05) is 20.1 Å². The number of fused-ring (bicyclic) bond motifs is 1. The summed E-state index contributed by atoms with van der Waals surface area (Å²) in [6.45, 7) is 0.625. The van der Waals surface area contributed by atoms with Gasteiger partial charge >= 0.3 is 0 Å². The molecule has 4 nitrogen and oxygen atoms in total.